The van der Waals surface area contributed by atoms with Crippen molar-refractivity contribution >= 4 is 21.8 Å². The lowest BCUT2D eigenvalue weighted by atomic mass is 10.1. The van der Waals surface area contributed by atoms with E-state index in [1.807, 2.05) is 50.2 Å². The lowest BCUT2D eigenvalue weighted by molar-refractivity contribution is 0.478. The molecule has 0 spiro atoms. The van der Waals surface area contributed by atoms with Gasteiger partial charge in [-0.25, -0.2) is 0 Å². The number of hydrogen-bond donors (Lipinski definition) is 2. The van der Waals surface area contributed by atoms with Gasteiger partial charge in [0.2, 0.25) is 0 Å². The molecule has 3 N–H and O–H groups in total. The maximum Gasteiger partial charge on any atom is 0.141 e. The van der Waals surface area contributed by atoms with Gasteiger partial charge < -0.3 is 10.5 Å². The Bertz CT molecular complexity index is 638. The SMILES string of the molecule is Cc1ccc(Oc2ccc(C)cc2C(=N)N)c(Br)c1. The van der Waals surface area contributed by atoms with Crippen LogP contribution in [-0.4, -0.2) is 5.84 Å². The zero-order valence-corrected chi connectivity index (χ0v) is 12.4. The Kier molecular flexibility index (Phi) is 3.90. The van der Waals surface area contributed by atoms with Gasteiger partial charge in [-0.1, -0.05) is 17.7 Å². The van der Waals surface area contributed by atoms with Crippen LogP contribution in [0.4, 0.5) is 0 Å². The minimum atomic E-state index is 0.00179. The van der Waals surface area contributed by atoms with E-state index in [9.17, 15) is 0 Å². The van der Waals surface area contributed by atoms with Gasteiger partial charge >= 0.3 is 0 Å². The first-order valence-corrected chi connectivity index (χ1v) is 6.65. The summed E-state index contributed by atoms with van der Waals surface area (Å²) < 4.78 is 6.72. The van der Waals surface area contributed by atoms with E-state index >= 15 is 0 Å². The van der Waals surface area contributed by atoms with E-state index in [1.165, 1.54) is 0 Å². The maximum absolute atomic E-state index is 7.61. The van der Waals surface area contributed by atoms with Crippen molar-refractivity contribution in [2.75, 3.05) is 0 Å². The average molecular weight is 319 g/mol. The summed E-state index contributed by atoms with van der Waals surface area (Å²) >= 11 is 3.47. The summed E-state index contributed by atoms with van der Waals surface area (Å²) in [5.74, 6) is 1.29. The Morgan fingerprint density at radius 3 is 2.21 bits per heavy atom. The summed E-state index contributed by atoms with van der Waals surface area (Å²) in [5.41, 5.74) is 8.39. The molecule has 0 fully saturated rings. The van der Waals surface area contributed by atoms with Crippen molar-refractivity contribution in [3.05, 3.63) is 57.6 Å². The highest BCUT2D eigenvalue weighted by Gasteiger charge is 2.10. The van der Waals surface area contributed by atoms with Crippen molar-refractivity contribution in [1.29, 1.82) is 5.41 Å². The van der Waals surface area contributed by atoms with E-state index in [-0.39, 0.29) is 5.84 Å². The molecule has 0 aliphatic rings. The van der Waals surface area contributed by atoms with Crippen LogP contribution >= 0.6 is 15.9 Å². The van der Waals surface area contributed by atoms with Crippen molar-refractivity contribution in [1.82, 2.24) is 0 Å². The first kappa shape index (κ1) is 13.6. The monoisotopic (exact) mass is 318 g/mol. The molecular formula is C15H15BrN2O. The molecule has 0 saturated carbocycles. The Morgan fingerprint density at radius 1 is 1.05 bits per heavy atom. The van der Waals surface area contributed by atoms with E-state index in [0.717, 1.165) is 15.6 Å². The normalized spacial score (nSPS) is 10.3. The quantitative estimate of drug-likeness (QED) is 0.660. The van der Waals surface area contributed by atoms with Crippen molar-refractivity contribution in [2.45, 2.75) is 13.8 Å². The molecule has 3 nitrogen and oxygen atoms in total. The van der Waals surface area contributed by atoms with Crippen LogP contribution in [-0.2, 0) is 0 Å². The van der Waals surface area contributed by atoms with E-state index in [1.54, 1.807) is 0 Å². The molecular weight excluding hydrogens is 304 g/mol. The molecule has 0 saturated heterocycles. The fraction of sp³-hybridized carbons (Fsp3) is 0.133. The summed E-state index contributed by atoms with van der Waals surface area (Å²) in [7, 11) is 0. The predicted octanol–water partition coefficient (Wildman–Crippen LogP) is 4.14. The van der Waals surface area contributed by atoms with E-state index in [2.05, 4.69) is 15.9 Å². The van der Waals surface area contributed by atoms with Crippen molar-refractivity contribution < 1.29 is 4.74 Å². The molecule has 0 bridgehead atoms. The Hall–Kier alpha value is -1.81. The molecule has 2 aromatic carbocycles. The highest BCUT2D eigenvalue weighted by Crippen LogP contribution is 2.32. The number of benzene rings is 2. The van der Waals surface area contributed by atoms with Gasteiger partial charge in [0, 0.05) is 0 Å². The van der Waals surface area contributed by atoms with Crippen LogP contribution in [0, 0.1) is 19.3 Å². The standard InChI is InChI=1S/C15H15BrN2O/c1-9-3-5-13(11(7-9)15(17)18)19-14-6-4-10(2)8-12(14)16/h3-8H,1-2H3,(H3,17,18). The van der Waals surface area contributed by atoms with E-state index < -0.39 is 0 Å². The number of aryl methyl sites for hydroxylation is 2. The van der Waals surface area contributed by atoms with Gasteiger partial charge in [-0.15, -0.1) is 0 Å². The topological polar surface area (TPSA) is 59.1 Å². The molecule has 98 valence electrons. The van der Waals surface area contributed by atoms with Gasteiger partial charge in [-0.2, -0.15) is 0 Å². The first-order valence-electron chi connectivity index (χ1n) is 5.86. The van der Waals surface area contributed by atoms with E-state index in [4.69, 9.17) is 15.9 Å². The number of amidine groups is 1. The lowest BCUT2D eigenvalue weighted by Gasteiger charge is -2.12. The van der Waals surface area contributed by atoms with Crippen LogP contribution < -0.4 is 10.5 Å². The number of nitrogens with two attached hydrogens (primary N) is 1. The summed E-state index contributed by atoms with van der Waals surface area (Å²) in [4.78, 5) is 0. The molecule has 0 atom stereocenters. The van der Waals surface area contributed by atoms with Crippen molar-refractivity contribution in [3.8, 4) is 11.5 Å². The molecule has 19 heavy (non-hydrogen) atoms. The van der Waals surface area contributed by atoms with Gasteiger partial charge in [0.05, 0.1) is 10.0 Å². The van der Waals surface area contributed by atoms with Gasteiger partial charge in [0.1, 0.15) is 17.3 Å². The molecule has 2 rings (SSSR count). The number of hydrogen-bond acceptors (Lipinski definition) is 2. The largest absolute Gasteiger partial charge is 0.455 e. The highest BCUT2D eigenvalue weighted by atomic mass is 79.9. The summed E-state index contributed by atoms with van der Waals surface area (Å²) in [6.45, 7) is 3.97. The number of rotatable bonds is 3. The van der Waals surface area contributed by atoms with E-state index in [0.29, 0.717) is 17.1 Å². The van der Waals surface area contributed by atoms with Gasteiger partial charge in [-0.05, 0) is 59.6 Å². The van der Waals surface area contributed by atoms with Gasteiger partial charge in [0.25, 0.3) is 0 Å². The van der Waals surface area contributed by atoms with Crippen LogP contribution in [0.3, 0.4) is 0 Å². The van der Waals surface area contributed by atoms with Gasteiger partial charge in [0.15, 0.2) is 0 Å². The molecule has 0 aliphatic heterocycles. The second-order valence-corrected chi connectivity index (χ2v) is 5.30. The van der Waals surface area contributed by atoms with Crippen LogP contribution in [0.5, 0.6) is 11.5 Å². The van der Waals surface area contributed by atoms with Crippen LogP contribution in [0.1, 0.15) is 16.7 Å². The minimum absolute atomic E-state index is 0.00179. The zero-order valence-electron chi connectivity index (χ0n) is 10.8. The second-order valence-electron chi connectivity index (χ2n) is 4.45. The number of ether oxygens (including phenoxy) is 1. The molecule has 0 heterocycles. The van der Waals surface area contributed by atoms with Crippen LogP contribution in [0.15, 0.2) is 40.9 Å². The van der Waals surface area contributed by atoms with Gasteiger partial charge in [-0.3, -0.25) is 5.41 Å². The Balaban J connectivity index is 2.40. The smallest absolute Gasteiger partial charge is 0.141 e. The molecule has 2 aromatic rings. The third-order valence-electron chi connectivity index (χ3n) is 2.73. The number of nitrogen functional groups attached to an aromatic ring is 1. The summed E-state index contributed by atoms with van der Waals surface area (Å²) in [6, 6.07) is 11.5. The number of halogens is 1. The molecule has 4 heteroatoms. The fourth-order valence-electron chi connectivity index (χ4n) is 1.75. The van der Waals surface area contributed by atoms with Crippen molar-refractivity contribution in [2.24, 2.45) is 5.73 Å². The average Bonchev–Trinajstić information content (AvgIpc) is 2.34. The minimum Gasteiger partial charge on any atom is -0.455 e. The maximum atomic E-state index is 7.61. The van der Waals surface area contributed by atoms with Crippen LogP contribution in [0.2, 0.25) is 0 Å². The molecule has 0 radical (unpaired) electrons. The lowest BCUT2D eigenvalue weighted by Crippen LogP contribution is -2.12. The second kappa shape index (κ2) is 5.45. The first-order chi connectivity index (χ1) is 8.97. The molecule has 0 unspecified atom stereocenters. The molecule has 0 aromatic heterocycles. The van der Waals surface area contributed by atoms with Crippen LogP contribution in [0.25, 0.3) is 0 Å². The highest BCUT2D eigenvalue weighted by molar-refractivity contribution is 9.10. The number of nitrogens with one attached hydrogen (secondary N) is 1. The third-order valence-corrected chi connectivity index (χ3v) is 3.35. The predicted molar refractivity (Wildman–Crippen MR) is 81.1 cm³/mol. The molecule has 0 amide bonds. The van der Waals surface area contributed by atoms with Crippen molar-refractivity contribution in [3.63, 3.8) is 0 Å². The zero-order chi connectivity index (χ0) is 14.0. The Morgan fingerprint density at radius 2 is 1.63 bits per heavy atom. The fourth-order valence-corrected chi connectivity index (χ4v) is 2.32. The third kappa shape index (κ3) is 3.15. The summed E-state index contributed by atoms with van der Waals surface area (Å²) in [6.07, 6.45) is 0. The summed E-state index contributed by atoms with van der Waals surface area (Å²) in [5, 5.41) is 7.61. The Labute approximate surface area is 121 Å². The molecule has 0 aliphatic carbocycles.